The van der Waals surface area contributed by atoms with Crippen LogP contribution in [0.4, 0.5) is 0 Å². The number of carbonyl (C=O) groups excluding carboxylic acids is 1. The molecule has 2 atom stereocenters. The number of hydrogen-bond donors (Lipinski definition) is 2. The Hall–Kier alpha value is -4.44. The monoisotopic (exact) mass is 614 g/mol. The molecule has 6 rings (SSSR count). The minimum absolute atomic E-state index is 0.0745. The number of likely N-dealkylation sites (tertiary alicyclic amines) is 1. The first-order valence-corrected chi connectivity index (χ1v) is 16.1. The molecule has 228 valence electrons. The molecule has 0 bridgehead atoms. The minimum atomic E-state index is -4.40. The van der Waals surface area contributed by atoms with E-state index in [0.717, 1.165) is 36.3 Å². The molecule has 2 aliphatic heterocycles. The van der Waals surface area contributed by atoms with Gasteiger partial charge in [0, 0.05) is 25.2 Å². The number of benzene rings is 3. The Morgan fingerprint density at radius 1 is 1.00 bits per heavy atom. The summed E-state index contributed by atoms with van der Waals surface area (Å²) in [5.41, 5.74) is 0.133. The first-order chi connectivity index (χ1) is 21.3. The number of hydrogen-bond acceptors (Lipinski definition) is 8. The summed E-state index contributed by atoms with van der Waals surface area (Å²) in [4.78, 5) is 30.4. The Bertz CT molecular complexity index is 1870. The molecule has 44 heavy (non-hydrogen) atoms. The molecule has 12 heteroatoms. The number of piperidine rings is 1. The quantitative estimate of drug-likeness (QED) is 0.309. The fraction of sp³-hybridized carbons (Fsp3) is 0.344. The van der Waals surface area contributed by atoms with Gasteiger partial charge in [-0.2, -0.15) is 9.23 Å². The number of methoxy groups -OCH3 is 1. The predicted molar refractivity (Wildman–Crippen MR) is 165 cm³/mol. The summed E-state index contributed by atoms with van der Waals surface area (Å²) in [5.74, 6) is 0.154. The van der Waals surface area contributed by atoms with Crippen molar-refractivity contribution in [2.24, 2.45) is 0 Å². The standard InChI is InChI=1S/C32H34N6O5S/c1-43-26-8-10-27(11-9-26)44(41,42)38-28-12-7-22(20-33)19-29(28)37(32(38)40)30(23-5-3-2-4-6-23)31(39)36-18-15-25(21-36)35-24-13-16-34-17-14-24/h2-12,19,24-25,30,34-35H,13-18,21H2,1H3/t25-,30?/m0/s1. The first kappa shape index (κ1) is 29.6. The van der Waals surface area contributed by atoms with Crippen molar-refractivity contribution in [1.82, 2.24) is 24.1 Å². The highest BCUT2D eigenvalue weighted by Crippen LogP contribution is 2.29. The van der Waals surface area contributed by atoms with Crippen LogP contribution in [-0.2, 0) is 14.8 Å². The number of fused-ring (bicyclic) bond motifs is 1. The number of amides is 1. The molecule has 3 heterocycles. The van der Waals surface area contributed by atoms with Gasteiger partial charge in [-0.3, -0.25) is 9.36 Å². The summed E-state index contributed by atoms with van der Waals surface area (Å²) in [6, 6.07) is 20.4. The molecule has 2 saturated heterocycles. The fourth-order valence-electron chi connectivity index (χ4n) is 6.23. The van der Waals surface area contributed by atoms with Gasteiger partial charge in [-0.05, 0) is 80.4 Å². The zero-order valence-corrected chi connectivity index (χ0v) is 25.2. The van der Waals surface area contributed by atoms with Crippen LogP contribution in [0.25, 0.3) is 11.0 Å². The number of rotatable bonds is 8. The molecular weight excluding hydrogens is 580 g/mol. The van der Waals surface area contributed by atoms with Crippen LogP contribution in [0, 0.1) is 11.3 Å². The van der Waals surface area contributed by atoms with Gasteiger partial charge in [0.05, 0.1) is 34.7 Å². The van der Waals surface area contributed by atoms with Crippen molar-refractivity contribution in [2.45, 2.75) is 42.3 Å². The van der Waals surface area contributed by atoms with E-state index < -0.39 is 21.8 Å². The summed E-state index contributed by atoms with van der Waals surface area (Å²) in [6.07, 6.45) is 2.82. The highest BCUT2D eigenvalue weighted by Gasteiger charge is 2.37. The van der Waals surface area contributed by atoms with E-state index in [2.05, 4.69) is 16.7 Å². The van der Waals surface area contributed by atoms with Crippen molar-refractivity contribution in [3.05, 3.63) is 94.4 Å². The van der Waals surface area contributed by atoms with Crippen molar-refractivity contribution in [3.63, 3.8) is 0 Å². The molecule has 2 fully saturated rings. The number of imidazole rings is 1. The molecule has 11 nitrogen and oxygen atoms in total. The van der Waals surface area contributed by atoms with E-state index in [1.807, 2.05) is 6.07 Å². The van der Waals surface area contributed by atoms with E-state index in [4.69, 9.17) is 4.74 Å². The molecule has 2 N–H and O–H groups in total. The first-order valence-electron chi connectivity index (χ1n) is 14.7. The average Bonchev–Trinajstić information content (AvgIpc) is 3.64. The largest absolute Gasteiger partial charge is 0.497 e. The third-order valence-corrected chi connectivity index (χ3v) is 10.2. The smallest absolute Gasteiger partial charge is 0.344 e. The zero-order valence-electron chi connectivity index (χ0n) is 24.3. The SMILES string of the molecule is COc1ccc(S(=O)(=O)n2c(=O)n(C(C(=O)N3CC[C@H](NC4CCNCC4)C3)c3ccccc3)c3cc(C#N)ccc32)cc1. The zero-order chi connectivity index (χ0) is 30.8. The van der Waals surface area contributed by atoms with Gasteiger partial charge < -0.3 is 20.3 Å². The number of nitrogens with zero attached hydrogens (tertiary/aromatic N) is 4. The van der Waals surface area contributed by atoms with Crippen LogP contribution in [0.5, 0.6) is 5.75 Å². The average molecular weight is 615 g/mol. The Kier molecular flexibility index (Phi) is 8.27. The Morgan fingerprint density at radius 2 is 1.73 bits per heavy atom. The molecule has 1 aromatic heterocycles. The highest BCUT2D eigenvalue weighted by atomic mass is 32.2. The Balaban J connectivity index is 1.46. The minimum Gasteiger partial charge on any atom is -0.497 e. The van der Waals surface area contributed by atoms with Gasteiger partial charge in [0.25, 0.3) is 15.9 Å². The lowest BCUT2D eigenvalue weighted by molar-refractivity contribution is -0.132. The number of aromatic nitrogens is 2. The number of carbonyl (C=O) groups is 1. The van der Waals surface area contributed by atoms with Crippen molar-refractivity contribution in [3.8, 4) is 11.8 Å². The van der Waals surface area contributed by atoms with Crippen LogP contribution in [-0.4, -0.2) is 73.1 Å². The number of ether oxygens (including phenoxy) is 1. The predicted octanol–water partition coefficient (Wildman–Crippen LogP) is 2.45. The summed E-state index contributed by atoms with van der Waals surface area (Å²) < 4.78 is 35.1. The maximum atomic E-state index is 14.4. The van der Waals surface area contributed by atoms with Gasteiger partial charge >= 0.3 is 5.69 Å². The van der Waals surface area contributed by atoms with E-state index in [0.29, 0.717) is 30.4 Å². The second-order valence-corrected chi connectivity index (χ2v) is 13.0. The fourth-order valence-corrected chi connectivity index (χ4v) is 7.62. The van der Waals surface area contributed by atoms with Gasteiger partial charge in [0.15, 0.2) is 0 Å². The molecule has 1 amide bonds. The van der Waals surface area contributed by atoms with E-state index in [9.17, 15) is 23.3 Å². The summed E-state index contributed by atoms with van der Waals surface area (Å²) in [7, 11) is -2.93. The summed E-state index contributed by atoms with van der Waals surface area (Å²) in [5, 5.41) is 16.8. The molecular formula is C32H34N6O5S. The van der Waals surface area contributed by atoms with Gasteiger partial charge in [-0.1, -0.05) is 30.3 Å². The Labute approximate surface area is 255 Å². The van der Waals surface area contributed by atoms with Crippen LogP contribution in [0.3, 0.4) is 0 Å². The molecule has 0 spiro atoms. The maximum absolute atomic E-state index is 14.4. The third kappa shape index (κ3) is 5.50. The summed E-state index contributed by atoms with van der Waals surface area (Å²) in [6.45, 7) is 2.90. The van der Waals surface area contributed by atoms with Crippen LogP contribution in [0.15, 0.2) is 82.5 Å². The van der Waals surface area contributed by atoms with Crippen LogP contribution < -0.4 is 21.1 Å². The van der Waals surface area contributed by atoms with Gasteiger partial charge in [-0.25, -0.2) is 13.2 Å². The van der Waals surface area contributed by atoms with Crippen molar-refractivity contribution < 1.29 is 17.9 Å². The van der Waals surface area contributed by atoms with Crippen molar-refractivity contribution in [1.29, 1.82) is 5.26 Å². The molecule has 3 aromatic carbocycles. The molecule has 0 aliphatic carbocycles. The number of nitrogens with one attached hydrogen (secondary N) is 2. The maximum Gasteiger partial charge on any atom is 0.344 e. The number of nitriles is 1. The van der Waals surface area contributed by atoms with Crippen molar-refractivity contribution >= 4 is 27.0 Å². The lowest BCUT2D eigenvalue weighted by Crippen LogP contribution is -2.46. The van der Waals surface area contributed by atoms with Crippen LogP contribution in [0.1, 0.15) is 36.4 Å². The molecule has 1 unspecified atom stereocenters. The molecule has 2 aliphatic rings. The van der Waals surface area contributed by atoms with Crippen molar-refractivity contribution in [2.75, 3.05) is 33.3 Å². The van der Waals surface area contributed by atoms with Gasteiger partial charge in [-0.15, -0.1) is 0 Å². The third-order valence-electron chi connectivity index (χ3n) is 8.48. The highest BCUT2D eigenvalue weighted by molar-refractivity contribution is 7.90. The molecule has 0 radical (unpaired) electrons. The Morgan fingerprint density at radius 3 is 2.41 bits per heavy atom. The molecule has 4 aromatic rings. The van der Waals surface area contributed by atoms with Gasteiger partial charge in [0.1, 0.15) is 11.8 Å². The lowest BCUT2D eigenvalue weighted by Gasteiger charge is -2.28. The van der Waals surface area contributed by atoms with E-state index in [-0.39, 0.29) is 33.4 Å². The van der Waals surface area contributed by atoms with Gasteiger partial charge in [0.2, 0.25) is 0 Å². The molecule has 0 saturated carbocycles. The summed E-state index contributed by atoms with van der Waals surface area (Å²) >= 11 is 0. The van der Waals surface area contributed by atoms with E-state index >= 15 is 0 Å². The van der Waals surface area contributed by atoms with Crippen LogP contribution >= 0.6 is 0 Å². The second kappa shape index (κ2) is 12.3. The normalized spacial score (nSPS) is 18.3. The topological polar surface area (TPSA) is 138 Å². The van der Waals surface area contributed by atoms with E-state index in [1.54, 1.807) is 29.2 Å². The van der Waals surface area contributed by atoms with E-state index in [1.165, 1.54) is 54.1 Å². The lowest BCUT2D eigenvalue weighted by atomic mass is 10.0. The van der Waals surface area contributed by atoms with Crippen LogP contribution in [0.2, 0.25) is 0 Å². The second-order valence-electron chi connectivity index (χ2n) is 11.2.